The second kappa shape index (κ2) is 6.50. The van der Waals surface area contributed by atoms with E-state index in [4.69, 9.17) is 26.3 Å². The lowest BCUT2D eigenvalue weighted by Gasteiger charge is -2.29. The summed E-state index contributed by atoms with van der Waals surface area (Å²) in [6.45, 7) is 3.97. The van der Waals surface area contributed by atoms with E-state index in [0.29, 0.717) is 32.3 Å². The molecule has 7 nitrogen and oxygen atoms in total. The fraction of sp³-hybridized carbons (Fsp3) is 0.636. The summed E-state index contributed by atoms with van der Waals surface area (Å²) in [6.07, 6.45) is 0.372. The highest BCUT2D eigenvalue weighted by Crippen LogP contribution is 2.17. The Labute approximate surface area is 116 Å². The van der Waals surface area contributed by atoms with Crippen LogP contribution < -0.4 is 9.64 Å². The van der Waals surface area contributed by atoms with Crippen LogP contribution >= 0.6 is 11.6 Å². The zero-order chi connectivity index (χ0) is 13.7. The predicted molar refractivity (Wildman–Crippen MR) is 68.2 cm³/mol. The van der Waals surface area contributed by atoms with Gasteiger partial charge < -0.3 is 14.4 Å². The van der Waals surface area contributed by atoms with Crippen LogP contribution in [0.2, 0.25) is 5.28 Å². The fourth-order valence-corrected chi connectivity index (χ4v) is 1.78. The van der Waals surface area contributed by atoms with E-state index in [9.17, 15) is 0 Å². The minimum Gasteiger partial charge on any atom is -0.463 e. The monoisotopic (exact) mass is 283 g/mol. The molecule has 0 radical (unpaired) electrons. The summed E-state index contributed by atoms with van der Waals surface area (Å²) in [7, 11) is 0. The van der Waals surface area contributed by atoms with E-state index in [2.05, 4.69) is 21.0 Å². The standard InChI is InChI=1S/C11H14ClN5O2/c1-2-4-19-11-15-9(12)14-10(16-11)17-3-5-18-8(6-13)7-17/h8H,2-5,7H2,1H3. The van der Waals surface area contributed by atoms with Gasteiger partial charge in [-0.15, -0.1) is 0 Å². The van der Waals surface area contributed by atoms with Gasteiger partial charge in [0.25, 0.3) is 0 Å². The molecule has 1 aromatic rings. The van der Waals surface area contributed by atoms with E-state index in [0.717, 1.165) is 6.42 Å². The minimum absolute atomic E-state index is 0.0797. The van der Waals surface area contributed by atoms with Gasteiger partial charge in [-0.1, -0.05) is 6.92 Å². The van der Waals surface area contributed by atoms with Crippen molar-refractivity contribution in [3.05, 3.63) is 5.28 Å². The molecule has 0 aromatic carbocycles. The van der Waals surface area contributed by atoms with Crippen molar-refractivity contribution in [2.24, 2.45) is 0 Å². The molecule has 19 heavy (non-hydrogen) atoms. The van der Waals surface area contributed by atoms with Crippen LogP contribution in [0.1, 0.15) is 13.3 Å². The minimum atomic E-state index is -0.482. The van der Waals surface area contributed by atoms with Crippen LogP contribution in [0.5, 0.6) is 6.01 Å². The summed E-state index contributed by atoms with van der Waals surface area (Å²) >= 11 is 5.85. The molecule has 1 aliphatic heterocycles. The molecule has 1 aliphatic rings. The number of rotatable bonds is 4. The summed E-state index contributed by atoms with van der Waals surface area (Å²) in [6, 6.07) is 2.27. The summed E-state index contributed by atoms with van der Waals surface area (Å²) in [5, 5.41) is 8.96. The van der Waals surface area contributed by atoms with E-state index in [-0.39, 0.29) is 11.3 Å². The van der Waals surface area contributed by atoms with E-state index in [1.807, 2.05) is 11.8 Å². The van der Waals surface area contributed by atoms with Gasteiger partial charge >= 0.3 is 6.01 Å². The molecule has 0 aliphatic carbocycles. The number of anilines is 1. The van der Waals surface area contributed by atoms with Gasteiger partial charge in [0.05, 0.1) is 25.8 Å². The number of ether oxygens (including phenoxy) is 2. The molecule has 1 fully saturated rings. The molecule has 0 spiro atoms. The SMILES string of the molecule is CCCOc1nc(Cl)nc(N2CCOC(C#N)C2)n1. The van der Waals surface area contributed by atoms with Gasteiger partial charge in [-0.25, -0.2) is 0 Å². The molecular formula is C11H14ClN5O2. The molecule has 2 heterocycles. The maximum absolute atomic E-state index is 8.88. The smallest absolute Gasteiger partial charge is 0.322 e. The summed E-state index contributed by atoms with van der Waals surface area (Å²) < 4.78 is 10.6. The second-order valence-corrected chi connectivity index (χ2v) is 4.31. The maximum Gasteiger partial charge on any atom is 0.322 e. The van der Waals surface area contributed by atoms with Crippen molar-refractivity contribution in [3.8, 4) is 12.1 Å². The largest absolute Gasteiger partial charge is 0.463 e. The zero-order valence-corrected chi connectivity index (χ0v) is 11.3. The van der Waals surface area contributed by atoms with Crippen molar-refractivity contribution in [1.82, 2.24) is 15.0 Å². The van der Waals surface area contributed by atoms with Crippen LogP contribution in [-0.2, 0) is 4.74 Å². The number of nitrogens with zero attached hydrogens (tertiary/aromatic N) is 5. The Morgan fingerprint density at radius 3 is 3.11 bits per heavy atom. The zero-order valence-electron chi connectivity index (χ0n) is 10.5. The molecule has 0 saturated carbocycles. The van der Waals surface area contributed by atoms with E-state index in [1.54, 1.807) is 0 Å². The third-order valence-electron chi connectivity index (χ3n) is 2.50. The Bertz CT molecular complexity index is 479. The van der Waals surface area contributed by atoms with Crippen LogP contribution in [0.15, 0.2) is 0 Å². The van der Waals surface area contributed by atoms with Crippen LogP contribution in [0, 0.1) is 11.3 Å². The number of hydrogen-bond acceptors (Lipinski definition) is 7. The maximum atomic E-state index is 8.88. The molecule has 2 rings (SSSR count). The highest BCUT2D eigenvalue weighted by molar-refractivity contribution is 6.28. The lowest BCUT2D eigenvalue weighted by atomic mass is 10.3. The van der Waals surface area contributed by atoms with Crippen molar-refractivity contribution in [1.29, 1.82) is 5.26 Å². The van der Waals surface area contributed by atoms with Crippen molar-refractivity contribution >= 4 is 17.5 Å². The molecular weight excluding hydrogens is 270 g/mol. The quantitative estimate of drug-likeness (QED) is 0.816. The predicted octanol–water partition coefficient (Wildman–Crippen LogP) is 1.04. The highest BCUT2D eigenvalue weighted by atomic mass is 35.5. The summed E-state index contributed by atoms with van der Waals surface area (Å²) in [5.41, 5.74) is 0. The van der Waals surface area contributed by atoms with Gasteiger partial charge in [0.15, 0.2) is 6.10 Å². The Kier molecular flexibility index (Phi) is 4.71. The normalized spacial score (nSPS) is 19.0. The van der Waals surface area contributed by atoms with Crippen molar-refractivity contribution in [2.45, 2.75) is 19.4 Å². The van der Waals surface area contributed by atoms with Crippen LogP contribution in [-0.4, -0.2) is 47.4 Å². The number of morpholine rings is 1. The molecule has 1 atom stereocenters. The molecule has 1 aromatic heterocycles. The van der Waals surface area contributed by atoms with Gasteiger partial charge in [0.2, 0.25) is 11.2 Å². The first-order valence-electron chi connectivity index (χ1n) is 6.03. The Morgan fingerprint density at radius 2 is 2.37 bits per heavy atom. The molecule has 102 valence electrons. The number of nitriles is 1. The first kappa shape index (κ1) is 13.8. The second-order valence-electron chi connectivity index (χ2n) is 3.97. The molecule has 0 amide bonds. The van der Waals surface area contributed by atoms with E-state index >= 15 is 0 Å². The number of aromatic nitrogens is 3. The van der Waals surface area contributed by atoms with Gasteiger partial charge in [0.1, 0.15) is 0 Å². The van der Waals surface area contributed by atoms with Gasteiger partial charge in [-0.2, -0.15) is 20.2 Å². The number of halogens is 1. The molecule has 8 heteroatoms. The fourth-order valence-electron chi connectivity index (χ4n) is 1.63. The Hall–Kier alpha value is -1.65. The Morgan fingerprint density at radius 1 is 1.53 bits per heavy atom. The third-order valence-corrected chi connectivity index (χ3v) is 2.67. The average molecular weight is 284 g/mol. The third kappa shape index (κ3) is 3.66. The van der Waals surface area contributed by atoms with Crippen molar-refractivity contribution in [2.75, 3.05) is 31.2 Å². The summed E-state index contributed by atoms with van der Waals surface area (Å²) in [5.74, 6) is 0.412. The van der Waals surface area contributed by atoms with Crippen molar-refractivity contribution in [3.63, 3.8) is 0 Å². The Balaban J connectivity index is 2.14. The van der Waals surface area contributed by atoms with Crippen LogP contribution in [0.3, 0.4) is 0 Å². The van der Waals surface area contributed by atoms with E-state index < -0.39 is 6.10 Å². The lowest BCUT2D eigenvalue weighted by Crippen LogP contribution is -2.42. The van der Waals surface area contributed by atoms with Gasteiger partial charge in [0, 0.05) is 6.54 Å². The average Bonchev–Trinajstić information content (AvgIpc) is 2.44. The molecule has 1 unspecified atom stereocenters. The first-order valence-corrected chi connectivity index (χ1v) is 6.41. The summed E-state index contributed by atoms with van der Waals surface area (Å²) in [4.78, 5) is 14.0. The van der Waals surface area contributed by atoms with E-state index in [1.165, 1.54) is 0 Å². The van der Waals surface area contributed by atoms with Gasteiger partial charge in [-0.05, 0) is 18.0 Å². The topological polar surface area (TPSA) is 84.2 Å². The molecule has 0 N–H and O–H groups in total. The van der Waals surface area contributed by atoms with Crippen LogP contribution in [0.25, 0.3) is 0 Å². The molecule has 0 bridgehead atoms. The van der Waals surface area contributed by atoms with Crippen LogP contribution in [0.4, 0.5) is 5.95 Å². The van der Waals surface area contributed by atoms with Gasteiger partial charge in [-0.3, -0.25) is 0 Å². The first-order chi connectivity index (χ1) is 9.22. The number of hydrogen-bond donors (Lipinski definition) is 0. The van der Waals surface area contributed by atoms with Crippen molar-refractivity contribution < 1.29 is 9.47 Å². The lowest BCUT2D eigenvalue weighted by molar-refractivity contribution is 0.0757. The molecule has 1 saturated heterocycles. The highest BCUT2D eigenvalue weighted by Gasteiger charge is 2.23.